The van der Waals surface area contributed by atoms with Gasteiger partial charge in [-0.25, -0.2) is 0 Å². The van der Waals surface area contributed by atoms with Gasteiger partial charge in [0.15, 0.2) is 0 Å². The van der Waals surface area contributed by atoms with Gasteiger partial charge < -0.3 is 30.2 Å². The van der Waals surface area contributed by atoms with Crippen LogP contribution in [0.25, 0.3) is 21.8 Å². The minimum absolute atomic E-state index is 0.286. The molecule has 216 valence electrons. The maximum atomic E-state index is 10.5. The highest BCUT2D eigenvalue weighted by molar-refractivity contribution is 6.10. The van der Waals surface area contributed by atoms with E-state index in [9.17, 15) is 5.11 Å². The van der Waals surface area contributed by atoms with E-state index in [4.69, 9.17) is 9.84 Å². The van der Waals surface area contributed by atoms with Gasteiger partial charge in [-0.05, 0) is 76.0 Å². The third kappa shape index (κ3) is 9.78. The van der Waals surface area contributed by atoms with Gasteiger partial charge >= 0.3 is 0 Å². The van der Waals surface area contributed by atoms with Gasteiger partial charge in [-0.1, -0.05) is 75.6 Å². The molecule has 3 aromatic rings. The van der Waals surface area contributed by atoms with Gasteiger partial charge in [-0.2, -0.15) is 0 Å². The quantitative estimate of drug-likeness (QED) is 0.136. The second kappa shape index (κ2) is 16.9. The molecule has 6 nitrogen and oxygen atoms in total. The summed E-state index contributed by atoms with van der Waals surface area (Å²) in [6.45, 7) is 5.84. The number of aromatic nitrogens is 1. The van der Waals surface area contributed by atoms with E-state index in [1.54, 1.807) is 0 Å². The number of nitrogens with one attached hydrogen (secondary N) is 2. The van der Waals surface area contributed by atoms with Crippen molar-refractivity contribution in [3.05, 3.63) is 42.5 Å². The van der Waals surface area contributed by atoms with E-state index in [-0.39, 0.29) is 6.61 Å². The minimum Gasteiger partial charge on any atom is -0.490 e. The Bertz CT molecular complexity index is 1080. The summed E-state index contributed by atoms with van der Waals surface area (Å²) in [5, 5.41) is 25.1. The molecule has 1 atom stereocenters. The van der Waals surface area contributed by atoms with Gasteiger partial charge in [0.1, 0.15) is 18.5 Å². The van der Waals surface area contributed by atoms with Crippen molar-refractivity contribution in [3.63, 3.8) is 0 Å². The summed E-state index contributed by atoms with van der Waals surface area (Å²) in [6, 6.07) is 14.3. The number of aliphatic hydroxyl groups excluding tert-OH is 2. The molecule has 0 amide bonds. The zero-order valence-corrected chi connectivity index (χ0v) is 23.9. The minimum atomic E-state index is -0.531. The van der Waals surface area contributed by atoms with Crippen LogP contribution in [0.5, 0.6) is 5.75 Å². The molecule has 1 saturated heterocycles. The topological polar surface area (TPSA) is 80.8 Å². The SMILES string of the molecule is OCCCCCCCCCCCCN1CCC(CNC[C@H](O)COc2cccc3[nH]c4ccccc4c23)CC1. The van der Waals surface area contributed by atoms with E-state index in [0.717, 1.165) is 40.5 Å². The van der Waals surface area contributed by atoms with Crippen LogP contribution in [-0.4, -0.2) is 72.1 Å². The number of likely N-dealkylation sites (tertiary alicyclic amines) is 1. The Hall–Kier alpha value is -2.12. The van der Waals surface area contributed by atoms with E-state index in [2.05, 4.69) is 33.4 Å². The highest BCUT2D eigenvalue weighted by atomic mass is 16.5. The van der Waals surface area contributed by atoms with Crippen molar-refractivity contribution in [1.29, 1.82) is 0 Å². The van der Waals surface area contributed by atoms with Crippen molar-refractivity contribution in [2.24, 2.45) is 5.92 Å². The molecule has 2 aromatic carbocycles. The monoisotopic (exact) mass is 537 g/mol. The van der Waals surface area contributed by atoms with Gasteiger partial charge in [-0.3, -0.25) is 0 Å². The number of hydrogen-bond acceptors (Lipinski definition) is 5. The number of benzene rings is 2. The Morgan fingerprint density at radius 2 is 1.51 bits per heavy atom. The molecule has 1 aliphatic heterocycles. The van der Waals surface area contributed by atoms with E-state index < -0.39 is 6.10 Å². The Labute approximate surface area is 235 Å². The fourth-order valence-electron chi connectivity index (χ4n) is 5.96. The molecule has 0 saturated carbocycles. The number of aliphatic hydroxyl groups is 2. The summed E-state index contributed by atoms with van der Waals surface area (Å²) in [5.74, 6) is 1.52. The third-order valence-electron chi connectivity index (χ3n) is 8.33. The lowest BCUT2D eigenvalue weighted by Crippen LogP contribution is -2.40. The largest absolute Gasteiger partial charge is 0.490 e. The average molecular weight is 538 g/mol. The maximum Gasteiger partial charge on any atom is 0.129 e. The van der Waals surface area contributed by atoms with Crippen LogP contribution in [0.2, 0.25) is 0 Å². The Kier molecular flexibility index (Phi) is 12.9. The number of aromatic amines is 1. The van der Waals surface area contributed by atoms with Crippen LogP contribution in [0.4, 0.5) is 0 Å². The fourth-order valence-corrected chi connectivity index (χ4v) is 5.96. The third-order valence-corrected chi connectivity index (χ3v) is 8.33. The summed E-state index contributed by atoms with van der Waals surface area (Å²) in [7, 11) is 0. The molecule has 1 fully saturated rings. The summed E-state index contributed by atoms with van der Waals surface area (Å²) >= 11 is 0. The average Bonchev–Trinajstić information content (AvgIpc) is 3.35. The standard InChI is InChI=1S/C33H51N3O3/c37-23-12-8-6-4-2-1-3-5-7-11-20-36-21-18-27(19-22-36)24-34-25-28(38)26-39-32-17-13-16-31-33(32)29-14-9-10-15-30(29)35-31/h9-10,13-17,27-28,34-35,37-38H,1-8,11-12,18-26H2/t28-/m0/s1. The summed E-state index contributed by atoms with van der Waals surface area (Å²) in [4.78, 5) is 6.09. The Balaban J connectivity index is 1.02. The summed E-state index contributed by atoms with van der Waals surface area (Å²) in [6.07, 6.45) is 14.9. The summed E-state index contributed by atoms with van der Waals surface area (Å²) in [5.41, 5.74) is 2.16. The molecule has 0 radical (unpaired) electrons. The number of unbranched alkanes of at least 4 members (excludes halogenated alkanes) is 9. The van der Waals surface area contributed by atoms with Crippen molar-refractivity contribution in [2.45, 2.75) is 83.2 Å². The molecule has 4 N–H and O–H groups in total. The molecule has 0 aliphatic carbocycles. The molecule has 0 spiro atoms. The van der Waals surface area contributed by atoms with Crippen LogP contribution < -0.4 is 10.1 Å². The van der Waals surface area contributed by atoms with Gasteiger partial charge in [0.25, 0.3) is 0 Å². The second-order valence-electron chi connectivity index (χ2n) is 11.5. The highest BCUT2D eigenvalue weighted by Crippen LogP contribution is 2.33. The number of rotatable bonds is 19. The van der Waals surface area contributed by atoms with E-state index >= 15 is 0 Å². The molecule has 2 heterocycles. The normalized spacial score (nSPS) is 15.8. The molecule has 1 aromatic heterocycles. The van der Waals surface area contributed by atoms with Crippen LogP contribution in [0.1, 0.15) is 77.0 Å². The molecule has 0 bridgehead atoms. The number of hydrogen-bond donors (Lipinski definition) is 4. The van der Waals surface area contributed by atoms with Crippen LogP contribution in [0.15, 0.2) is 42.5 Å². The van der Waals surface area contributed by atoms with Crippen LogP contribution in [0, 0.1) is 5.92 Å². The predicted octanol–water partition coefficient (Wildman–Crippen LogP) is 6.26. The van der Waals surface area contributed by atoms with Crippen molar-refractivity contribution < 1.29 is 14.9 Å². The van der Waals surface area contributed by atoms with Crippen molar-refractivity contribution >= 4 is 21.8 Å². The number of ether oxygens (including phenoxy) is 1. The van der Waals surface area contributed by atoms with E-state index in [0.29, 0.717) is 19.1 Å². The predicted molar refractivity (Wildman–Crippen MR) is 163 cm³/mol. The highest BCUT2D eigenvalue weighted by Gasteiger charge is 2.19. The first-order chi connectivity index (χ1) is 19.2. The van der Waals surface area contributed by atoms with Gasteiger partial charge in [0, 0.05) is 29.4 Å². The zero-order valence-electron chi connectivity index (χ0n) is 23.9. The molecule has 1 aliphatic rings. The Morgan fingerprint density at radius 1 is 0.846 bits per heavy atom. The lowest BCUT2D eigenvalue weighted by Gasteiger charge is -2.32. The van der Waals surface area contributed by atoms with E-state index in [1.165, 1.54) is 90.3 Å². The van der Waals surface area contributed by atoms with Gasteiger partial charge in [0.2, 0.25) is 0 Å². The number of piperidine rings is 1. The molecule has 39 heavy (non-hydrogen) atoms. The van der Waals surface area contributed by atoms with E-state index in [1.807, 2.05) is 24.3 Å². The smallest absolute Gasteiger partial charge is 0.129 e. The lowest BCUT2D eigenvalue weighted by molar-refractivity contribution is 0.104. The number of nitrogens with zero attached hydrogens (tertiary/aromatic N) is 1. The number of para-hydroxylation sites is 1. The molecular formula is C33H51N3O3. The van der Waals surface area contributed by atoms with Crippen LogP contribution in [-0.2, 0) is 0 Å². The first-order valence-corrected chi connectivity index (χ1v) is 15.6. The van der Waals surface area contributed by atoms with Crippen LogP contribution >= 0.6 is 0 Å². The molecular weight excluding hydrogens is 486 g/mol. The second-order valence-corrected chi connectivity index (χ2v) is 11.5. The number of H-pyrrole nitrogens is 1. The molecule has 0 unspecified atom stereocenters. The zero-order chi connectivity index (χ0) is 27.1. The lowest BCUT2D eigenvalue weighted by atomic mass is 9.96. The fraction of sp³-hybridized carbons (Fsp3) is 0.636. The first-order valence-electron chi connectivity index (χ1n) is 15.6. The first kappa shape index (κ1) is 29.9. The van der Waals surface area contributed by atoms with Crippen molar-refractivity contribution in [3.8, 4) is 5.75 Å². The molecule has 4 rings (SSSR count). The summed E-state index contributed by atoms with van der Waals surface area (Å²) < 4.78 is 6.07. The maximum absolute atomic E-state index is 10.5. The van der Waals surface area contributed by atoms with Gasteiger partial charge in [-0.15, -0.1) is 0 Å². The van der Waals surface area contributed by atoms with Gasteiger partial charge in [0.05, 0.1) is 5.52 Å². The molecule has 6 heteroatoms. The number of fused-ring (bicyclic) bond motifs is 3. The Morgan fingerprint density at radius 3 is 2.26 bits per heavy atom. The van der Waals surface area contributed by atoms with Crippen molar-refractivity contribution in [1.82, 2.24) is 15.2 Å². The van der Waals surface area contributed by atoms with Crippen molar-refractivity contribution in [2.75, 3.05) is 45.9 Å². The van der Waals surface area contributed by atoms with Crippen LogP contribution in [0.3, 0.4) is 0 Å².